The molecular formula is C43H57N7O5S. The minimum absolute atomic E-state index is 0.116. The Hall–Kier alpha value is -4.17. The smallest absolute Gasteiger partial charge is 0.324 e. The van der Waals surface area contributed by atoms with Gasteiger partial charge in [-0.2, -0.15) is 0 Å². The second kappa shape index (κ2) is 16.4. The van der Waals surface area contributed by atoms with Gasteiger partial charge in [0.1, 0.15) is 12.1 Å². The van der Waals surface area contributed by atoms with Gasteiger partial charge in [-0.05, 0) is 96.7 Å². The average molecular weight is 784 g/mol. The highest BCUT2D eigenvalue weighted by Crippen LogP contribution is 2.42. The van der Waals surface area contributed by atoms with E-state index in [0.717, 1.165) is 69.1 Å². The fraction of sp³-hybridized carbons (Fsp3) is 0.558. The topological polar surface area (TPSA) is 131 Å². The van der Waals surface area contributed by atoms with Crippen LogP contribution in [-0.2, 0) is 43.2 Å². The number of carbonyl (C=O) groups excluding carboxylic acids is 3. The third-order valence-corrected chi connectivity index (χ3v) is 13.0. The number of esters is 1. The van der Waals surface area contributed by atoms with Crippen molar-refractivity contribution < 1.29 is 23.9 Å². The van der Waals surface area contributed by atoms with Gasteiger partial charge in [-0.1, -0.05) is 19.9 Å². The number of likely N-dealkylation sites (tertiary alicyclic amines) is 1. The third-order valence-electron chi connectivity index (χ3n) is 12.2. The Kier molecular flexibility index (Phi) is 11.7. The zero-order chi connectivity index (χ0) is 39.9. The highest BCUT2D eigenvalue weighted by Gasteiger charge is 2.38. The van der Waals surface area contributed by atoms with Crippen LogP contribution in [0.3, 0.4) is 0 Å². The van der Waals surface area contributed by atoms with E-state index in [1.54, 1.807) is 7.11 Å². The number of aromatic nitrogens is 3. The number of cyclic esters (lactones) is 1. The number of piperidine rings is 1. The van der Waals surface area contributed by atoms with Crippen molar-refractivity contribution in [1.82, 2.24) is 35.2 Å². The number of rotatable bonds is 6. The van der Waals surface area contributed by atoms with Gasteiger partial charge in [0.05, 0.1) is 34.8 Å². The molecular weight excluding hydrogens is 727 g/mol. The van der Waals surface area contributed by atoms with Crippen LogP contribution < -0.4 is 10.7 Å². The lowest BCUT2D eigenvalue weighted by atomic mass is 9.84. The van der Waals surface area contributed by atoms with Gasteiger partial charge < -0.3 is 24.3 Å². The van der Waals surface area contributed by atoms with Crippen molar-refractivity contribution >= 4 is 40.0 Å². The number of amides is 2. The predicted octanol–water partition coefficient (Wildman–Crippen LogP) is 6.32. The standard InChI is InChI=1S/C43H57N7O5S/c1-9-49-36-15-14-28-20-31(36)32(39(49)30-12-10-16-44-38(30)27(4)54-8)22-43(5,6)24-55-42(53)33-13-11-17-50(47-33)41(52)34(21-37-45-35(28)23-56-37)46-40(51)29-18-25(2)48(7)26(3)19-29/h10,12,14-16,20,23,25-27,29,33-34,47H,9,11,13,17-19,21-22,24H2,1-8H3,(H,46,51)/t25-,26+,27-,29+,33-,34-/m0/s1. The summed E-state index contributed by atoms with van der Waals surface area (Å²) >= 11 is 1.49. The van der Waals surface area contributed by atoms with E-state index in [9.17, 15) is 14.4 Å². The molecule has 56 heavy (non-hydrogen) atoms. The maximum atomic E-state index is 14.3. The van der Waals surface area contributed by atoms with E-state index in [1.807, 2.05) is 24.6 Å². The van der Waals surface area contributed by atoms with Crippen LogP contribution in [0.5, 0.6) is 0 Å². The molecule has 2 N–H and O–H groups in total. The Morgan fingerprint density at radius 3 is 2.68 bits per heavy atom. The van der Waals surface area contributed by atoms with Crippen LogP contribution in [0.15, 0.2) is 41.9 Å². The summed E-state index contributed by atoms with van der Waals surface area (Å²) in [5.74, 6) is -0.987. The molecule has 6 atom stereocenters. The zero-order valence-corrected chi connectivity index (χ0v) is 34.9. The number of nitrogens with one attached hydrogen (secondary N) is 2. The maximum absolute atomic E-state index is 14.3. The molecule has 0 radical (unpaired) electrons. The second-order valence-electron chi connectivity index (χ2n) is 16.8. The van der Waals surface area contributed by atoms with Crippen molar-refractivity contribution in [2.24, 2.45) is 11.3 Å². The fourth-order valence-corrected chi connectivity index (χ4v) is 9.60. The monoisotopic (exact) mass is 783 g/mol. The normalized spacial score (nSPS) is 25.4. The number of methoxy groups -OCH3 is 1. The summed E-state index contributed by atoms with van der Waals surface area (Å²) in [6.45, 7) is 14.0. The molecule has 3 aliphatic rings. The Labute approximate surface area is 334 Å². The number of hydrogen-bond acceptors (Lipinski definition) is 10. The molecule has 13 heteroatoms. The lowest BCUT2D eigenvalue weighted by Crippen LogP contribution is -2.61. The van der Waals surface area contributed by atoms with Crippen molar-refractivity contribution in [2.75, 3.05) is 27.3 Å². The predicted molar refractivity (Wildman–Crippen MR) is 219 cm³/mol. The zero-order valence-electron chi connectivity index (χ0n) is 34.1. The number of nitrogens with zero attached hydrogens (tertiary/aromatic N) is 5. The van der Waals surface area contributed by atoms with Gasteiger partial charge in [-0.15, -0.1) is 11.3 Å². The quantitative estimate of drug-likeness (QED) is 0.216. The maximum Gasteiger partial charge on any atom is 0.324 e. The van der Waals surface area contributed by atoms with Crippen LogP contribution in [0, 0.1) is 11.3 Å². The first-order chi connectivity index (χ1) is 26.8. The fourth-order valence-electron chi connectivity index (χ4n) is 8.75. The Morgan fingerprint density at radius 1 is 1.18 bits per heavy atom. The molecule has 4 aromatic rings. The van der Waals surface area contributed by atoms with Gasteiger partial charge in [0.15, 0.2) is 0 Å². The lowest BCUT2D eigenvalue weighted by molar-refractivity contribution is -0.155. The molecule has 0 aliphatic carbocycles. The minimum Gasteiger partial charge on any atom is -0.464 e. The molecule has 2 amide bonds. The molecule has 3 aromatic heterocycles. The number of hydrogen-bond donors (Lipinski definition) is 2. The summed E-state index contributed by atoms with van der Waals surface area (Å²) in [6, 6.07) is 9.54. The van der Waals surface area contributed by atoms with Crippen molar-refractivity contribution in [3.8, 4) is 22.5 Å². The highest BCUT2D eigenvalue weighted by atomic mass is 32.1. The Bertz CT molecular complexity index is 2080. The Balaban J connectivity index is 1.32. The number of aryl methyl sites for hydroxylation is 1. The molecule has 300 valence electrons. The second-order valence-corrected chi connectivity index (χ2v) is 17.7. The molecule has 0 unspecified atom stereocenters. The highest BCUT2D eigenvalue weighted by molar-refractivity contribution is 7.10. The van der Waals surface area contributed by atoms with Gasteiger partial charge >= 0.3 is 5.97 Å². The van der Waals surface area contributed by atoms with Crippen LogP contribution in [0.2, 0.25) is 0 Å². The largest absolute Gasteiger partial charge is 0.464 e. The third kappa shape index (κ3) is 8.00. The van der Waals surface area contributed by atoms with E-state index in [2.05, 4.69) is 86.1 Å². The minimum atomic E-state index is -0.856. The summed E-state index contributed by atoms with van der Waals surface area (Å²) < 4.78 is 14.2. The molecule has 3 aliphatic heterocycles. The molecule has 0 spiro atoms. The van der Waals surface area contributed by atoms with Crippen molar-refractivity contribution in [2.45, 2.75) is 117 Å². The first-order valence-electron chi connectivity index (χ1n) is 20.1. The van der Waals surface area contributed by atoms with E-state index in [-0.39, 0.29) is 48.9 Å². The van der Waals surface area contributed by atoms with E-state index in [1.165, 1.54) is 16.3 Å². The number of ether oxygens (including phenoxy) is 2. The summed E-state index contributed by atoms with van der Waals surface area (Å²) in [6.07, 6.45) is 5.06. The number of benzene rings is 1. The van der Waals surface area contributed by atoms with Crippen molar-refractivity contribution in [3.63, 3.8) is 0 Å². The first-order valence-corrected chi connectivity index (χ1v) is 21.0. The number of pyridine rings is 1. The molecule has 7 rings (SSSR count). The summed E-state index contributed by atoms with van der Waals surface area (Å²) in [7, 11) is 3.80. The number of hydrazine groups is 1. The van der Waals surface area contributed by atoms with Gasteiger partial charge in [-0.25, -0.2) is 10.4 Å². The number of thiazole rings is 1. The molecule has 6 bridgehead atoms. The molecule has 2 saturated heterocycles. The van der Waals surface area contributed by atoms with Crippen molar-refractivity contribution in [1.29, 1.82) is 0 Å². The van der Waals surface area contributed by atoms with Gasteiger partial charge in [0.2, 0.25) is 5.91 Å². The van der Waals surface area contributed by atoms with Crippen LogP contribution >= 0.6 is 11.3 Å². The van der Waals surface area contributed by atoms with Crippen LogP contribution in [-0.4, -0.2) is 93.7 Å². The van der Waals surface area contributed by atoms with Gasteiger partial charge in [0, 0.05) is 83.6 Å². The van der Waals surface area contributed by atoms with Gasteiger partial charge in [0.25, 0.3) is 5.91 Å². The molecule has 0 saturated carbocycles. The van der Waals surface area contributed by atoms with Crippen molar-refractivity contribution in [3.05, 3.63) is 58.2 Å². The number of fused-ring (bicyclic) bond motifs is 6. The van der Waals surface area contributed by atoms with Gasteiger partial charge in [-0.3, -0.25) is 24.4 Å². The number of carbonyl (C=O) groups is 3. The van der Waals surface area contributed by atoms with E-state index in [4.69, 9.17) is 19.4 Å². The van der Waals surface area contributed by atoms with E-state index >= 15 is 0 Å². The SMILES string of the molecule is CCn1c(-c2cccnc2[C@H](C)OC)c2c3cc(ccc31)-c1csc(n1)C[C@H](NC(=O)[C@H]1C[C@@H](C)N(C)[C@@H](C)C1)C(=O)N1CCC[C@H](N1)C(=O)OCC(C)(C)C2. The molecule has 6 heterocycles. The Morgan fingerprint density at radius 2 is 1.95 bits per heavy atom. The summed E-state index contributed by atoms with van der Waals surface area (Å²) in [5, 5.41) is 8.55. The summed E-state index contributed by atoms with van der Waals surface area (Å²) in [4.78, 5) is 54.2. The average Bonchev–Trinajstić information content (AvgIpc) is 3.79. The first kappa shape index (κ1) is 40.0. The van der Waals surface area contributed by atoms with Crippen LogP contribution in [0.1, 0.15) is 89.6 Å². The molecule has 1 aromatic carbocycles. The van der Waals surface area contributed by atoms with E-state index in [0.29, 0.717) is 25.8 Å². The molecule has 12 nitrogen and oxygen atoms in total. The summed E-state index contributed by atoms with van der Waals surface area (Å²) in [5.41, 5.74) is 9.70. The van der Waals surface area contributed by atoms with Crippen LogP contribution in [0.25, 0.3) is 33.4 Å². The lowest BCUT2D eigenvalue weighted by Gasteiger charge is -2.40. The van der Waals surface area contributed by atoms with Crippen LogP contribution in [0.4, 0.5) is 0 Å². The van der Waals surface area contributed by atoms with E-state index < -0.39 is 23.5 Å². The molecule has 2 fully saturated rings.